The number of piperazine rings is 1. The van der Waals surface area contributed by atoms with E-state index in [1.807, 2.05) is 23.1 Å². The summed E-state index contributed by atoms with van der Waals surface area (Å²) in [5.41, 5.74) is 4.74. The Balaban J connectivity index is 1.44. The van der Waals surface area contributed by atoms with Crippen LogP contribution in [0, 0.1) is 0 Å². The Bertz CT molecular complexity index is 1360. The van der Waals surface area contributed by atoms with E-state index < -0.39 is 15.9 Å². The Hall–Kier alpha value is -3.38. The normalized spacial score (nSPS) is 14.7. The first-order chi connectivity index (χ1) is 18.2. The SMILES string of the molecule is CC(C)N(C)CCc1cccc(-c2cccc(S(=O)(=O)N3CCN(c4ncc(C(=O)NO)cn4)CC3)c2)c1. The number of aromatic nitrogens is 2. The van der Waals surface area contributed by atoms with E-state index >= 15 is 0 Å². The van der Waals surface area contributed by atoms with Crippen molar-refractivity contribution < 1.29 is 18.4 Å². The van der Waals surface area contributed by atoms with Crippen LogP contribution in [-0.4, -0.2) is 84.5 Å². The van der Waals surface area contributed by atoms with E-state index in [-0.39, 0.29) is 23.5 Å². The third-order valence-electron chi connectivity index (χ3n) is 6.89. The number of hydrogen-bond acceptors (Lipinski definition) is 8. The standard InChI is InChI=1S/C27H34N6O4S/c1-20(2)31(3)11-10-21-6-4-7-22(16-21)23-8-5-9-25(17-23)38(36,37)33-14-12-32(13-15-33)27-28-18-24(19-29-27)26(34)30-35/h4-9,16-20,35H,10-15H2,1-3H3,(H,30,34). The largest absolute Gasteiger partial charge is 0.338 e. The number of rotatable bonds is 9. The fourth-order valence-corrected chi connectivity index (χ4v) is 5.72. The van der Waals surface area contributed by atoms with Crippen LogP contribution in [-0.2, 0) is 16.4 Å². The smallest absolute Gasteiger partial charge is 0.277 e. The van der Waals surface area contributed by atoms with Crippen molar-refractivity contribution in [3.8, 4) is 11.1 Å². The maximum absolute atomic E-state index is 13.5. The molecule has 0 bridgehead atoms. The number of likely N-dealkylation sites (N-methyl/N-ethyl adjacent to an activating group) is 1. The summed E-state index contributed by atoms with van der Waals surface area (Å²) in [7, 11) is -1.57. The summed E-state index contributed by atoms with van der Waals surface area (Å²) in [5.74, 6) is -0.293. The van der Waals surface area contributed by atoms with Gasteiger partial charge in [-0.3, -0.25) is 10.0 Å². The number of carbonyl (C=O) groups excluding carboxylic acids is 1. The van der Waals surface area contributed by atoms with Gasteiger partial charge in [0.15, 0.2) is 0 Å². The molecule has 0 unspecified atom stereocenters. The number of carbonyl (C=O) groups is 1. The lowest BCUT2D eigenvalue weighted by Gasteiger charge is -2.34. The third-order valence-corrected chi connectivity index (χ3v) is 8.78. The van der Waals surface area contributed by atoms with Crippen LogP contribution in [0.3, 0.4) is 0 Å². The molecule has 2 heterocycles. The molecular formula is C27H34N6O4S. The molecule has 11 heteroatoms. The molecule has 1 aliphatic heterocycles. The predicted molar refractivity (Wildman–Crippen MR) is 146 cm³/mol. The third kappa shape index (κ3) is 6.36. The number of nitrogens with zero attached hydrogens (tertiary/aromatic N) is 5. The molecule has 38 heavy (non-hydrogen) atoms. The fourth-order valence-electron chi connectivity index (χ4n) is 4.25. The average molecular weight is 539 g/mol. The molecule has 2 aromatic carbocycles. The van der Waals surface area contributed by atoms with Gasteiger partial charge in [0.2, 0.25) is 16.0 Å². The quantitative estimate of drug-likeness (QED) is 0.315. The van der Waals surface area contributed by atoms with Gasteiger partial charge in [0.05, 0.1) is 10.5 Å². The van der Waals surface area contributed by atoms with Crippen LogP contribution in [0.4, 0.5) is 5.95 Å². The van der Waals surface area contributed by atoms with E-state index in [1.165, 1.54) is 22.3 Å². The molecule has 202 valence electrons. The van der Waals surface area contributed by atoms with Crippen LogP contribution < -0.4 is 10.4 Å². The van der Waals surface area contributed by atoms with Gasteiger partial charge in [-0.2, -0.15) is 4.31 Å². The van der Waals surface area contributed by atoms with Crippen LogP contribution in [0.1, 0.15) is 29.8 Å². The Morgan fingerprint density at radius 2 is 1.66 bits per heavy atom. The van der Waals surface area contributed by atoms with Crippen molar-refractivity contribution >= 4 is 21.9 Å². The number of benzene rings is 2. The number of hydrogen-bond donors (Lipinski definition) is 2. The van der Waals surface area contributed by atoms with Crippen LogP contribution in [0.25, 0.3) is 11.1 Å². The van der Waals surface area contributed by atoms with E-state index in [0.717, 1.165) is 24.1 Å². The molecule has 2 N–H and O–H groups in total. The highest BCUT2D eigenvalue weighted by atomic mass is 32.2. The first-order valence-electron chi connectivity index (χ1n) is 12.6. The molecule has 1 aromatic heterocycles. The van der Waals surface area contributed by atoms with Crippen molar-refractivity contribution in [2.45, 2.75) is 31.2 Å². The highest BCUT2D eigenvalue weighted by Crippen LogP contribution is 2.26. The first kappa shape index (κ1) is 27.6. The van der Waals surface area contributed by atoms with Crippen molar-refractivity contribution in [2.24, 2.45) is 0 Å². The van der Waals surface area contributed by atoms with Gasteiger partial charge in [-0.15, -0.1) is 0 Å². The van der Waals surface area contributed by atoms with Gasteiger partial charge in [-0.05, 0) is 56.1 Å². The summed E-state index contributed by atoms with van der Waals surface area (Å²) in [5, 5.41) is 8.73. The van der Waals surface area contributed by atoms with Gasteiger partial charge in [-0.1, -0.05) is 36.4 Å². The zero-order valence-corrected chi connectivity index (χ0v) is 22.7. The van der Waals surface area contributed by atoms with Crippen LogP contribution in [0.15, 0.2) is 65.8 Å². The molecule has 10 nitrogen and oxygen atoms in total. The Labute approximate surface area is 223 Å². The number of nitrogens with one attached hydrogen (secondary N) is 1. The van der Waals surface area contributed by atoms with Gasteiger partial charge in [0, 0.05) is 51.2 Å². The lowest BCUT2D eigenvalue weighted by atomic mass is 10.0. The summed E-state index contributed by atoms with van der Waals surface area (Å²) < 4.78 is 28.4. The molecule has 1 amide bonds. The highest BCUT2D eigenvalue weighted by molar-refractivity contribution is 7.89. The molecule has 0 aliphatic carbocycles. The van der Waals surface area contributed by atoms with E-state index in [1.54, 1.807) is 23.7 Å². The Morgan fingerprint density at radius 3 is 2.29 bits per heavy atom. The van der Waals surface area contributed by atoms with Crippen LogP contribution in [0.2, 0.25) is 0 Å². The molecule has 1 aliphatic rings. The van der Waals surface area contributed by atoms with E-state index in [2.05, 4.69) is 47.9 Å². The molecule has 0 saturated carbocycles. The predicted octanol–water partition coefficient (Wildman–Crippen LogP) is 2.66. The van der Waals surface area contributed by atoms with Crippen LogP contribution >= 0.6 is 0 Å². The van der Waals surface area contributed by atoms with E-state index in [4.69, 9.17) is 5.21 Å². The average Bonchev–Trinajstić information content (AvgIpc) is 2.95. The van der Waals surface area contributed by atoms with Gasteiger partial charge in [0.1, 0.15) is 0 Å². The maximum atomic E-state index is 13.5. The molecule has 0 radical (unpaired) electrons. The van der Waals surface area contributed by atoms with Crippen molar-refractivity contribution in [1.29, 1.82) is 0 Å². The van der Waals surface area contributed by atoms with Crippen molar-refractivity contribution in [2.75, 3.05) is 44.7 Å². The second-order valence-corrected chi connectivity index (χ2v) is 11.6. The van der Waals surface area contributed by atoms with Crippen LogP contribution in [0.5, 0.6) is 0 Å². The zero-order valence-electron chi connectivity index (χ0n) is 21.9. The molecule has 1 fully saturated rings. The minimum Gasteiger partial charge on any atom is -0.338 e. The molecule has 4 rings (SSSR count). The summed E-state index contributed by atoms with van der Waals surface area (Å²) in [6.07, 6.45) is 3.56. The Morgan fingerprint density at radius 1 is 1.03 bits per heavy atom. The number of anilines is 1. The monoisotopic (exact) mass is 538 g/mol. The zero-order chi connectivity index (χ0) is 27.3. The van der Waals surface area contributed by atoms with Crippen molar-refractivity contribution in [1.82, 2.24) is 24.7 Å². The minimum atomic E-state index is -3.68. The number of sulfonamides is 1. The van der Waals surface area contributed by atoms with Gasteiger partial charge in [-0.25, -0.2) is 23.9 Å². The summed E-state index contributed by atoms with van der Waals surface area (Å²) >= 11 is 0. The van der Waals surface area contributed by atoms with E-state index in [9.17, 15) is 13.2 Å². The molecule has 0 spiro atoms. The van der Waals surface area contributed by atoms with Gasteiger partial charge >= 0.3 is 0 Å². The van der Waals surface area contributed by atoms with Gasteiger partial charge in [0.25, 0.3) is 5.91 Å². The molecule has 1 saturated heterocycles. The highest BCUT2D eigenvalue weighted by Gasteiger charge is 2.29. The second kappa shape index (κ2) is 12.0. The van der Waals surface area contributed by atoms with E-state index in [0.29, 0.717) is 25.1 Å². The number of amides is 1. The molecule has 3 aromatic rings. The molecular weight excluding hydrogens is 504 g/mol. The first-order valence-corrected chi connectivity index (χ1v) is 14.0. The lowest BCUT2D eigenvalue weighted by molar-refractivity contribution is 0.0705. The van der Waals surface area contributed by atoms with Crippen molar-refractivity contribution in [3.63, 3.8) is 0 Å². The minimum absolute atomic E-state index is 0.130. The van der Waals surface area contributed by atoms with Crippen molar-refractivity contribution in [3.05, 3.63) is 72.1 Å². The maximum Gasteiger partial charge on any atom is 0.277 e. The second-order valence-electron chi connectivity index (χ2n) is 9.66. The Kier molecular flexibility index (Phi) is 8.72. The fraction of sp³-hybridized carbons (Fsp3) is 0.370. The molecule has 0 atom stereocenters. The lowest BCUT2D eigenvalue weighted by Crippen LogP contribution is -2.49. The van der Waals surface area contributed by atoms with Gasteiger partial charge < -0.3 is 9.80 Å². The number of hydroxylamine groups is 1. The summed E-state index contributed by atoms with van der Waals surface area (Å²) in [4.78, 5) is 24.2. The summed E-state index contributed by atoms with van der Waals surface area (Å²) in [6, 6.07) is 15.9. The summed E-state index contributed by atoms with van der Waals surface area (Å²) in [6.45, 7) is 6.70. The topological polar surface area (TPSA) is 119 Å².